The van der Waals surface area contributed by atoms with Gasteiger partial charge in [0.1, 0.15) is 5.76 Å². The zero-order valence-corrected chi connectivity index (χ0v) is 15.1. The predicted octanol–water partition coefficient (Wildman–Crippen LogP) is 3.45. The number of aryl methyl sites for hydroxylation is 2. The SMILES string of the molecule is Cc1nc(CNC(=O)N[C@@H](C)c2cccc(N3CCCC3)c2)oc1C. The largest absolute Gasteiger partial charge is 0.444 e. The Morgan fingerprint density at radius 1 is 1.32 bits per heavy atom. The first-order valence-corrected chi connectivity index (χ1v) is 8.85. The second kappa shape index (κ2) is 7.59. The summed E-state index contributed by atoms with van der Waals surface area (Å²) >= 11 is 0. The van der Waals surface area contributed by atoms with Gasteiger partial charge in [-0.1, -0.05) is 12.1 Å². The number of benzene rings is 1. The van der Waals surface area contributed by atoms with E-state index in [1.165, 1.54) is 18.5 Å². The third-order valence-electron chi connectivity index (χ3n) is 4.66. The van der Waals surface area contributed by atoms with Gasteiger partial charge in [-0.15, -0.1) is 0 Å². The van der Waals surface area contributed by atoms with Crippen molar-refractivity contribution in [1.82, 2.24) is 15.6 Å². The fourth-order valence-electron chi connectivity index (χ4n) is 3.07. The molecule has 2 amide bonds. The average Bonchev–Trinajstić information content (AvgIpc) is 3.24. The first-order chi connectivity index (χ1) is 12.0. The molecule has 0 radical (unpaired) electrons. The van der Waals surface area contributed by atoms with E-state index in [1.807, 2.05) is 26.8 Å². The number of urea groups is 1. The fraction of sp³-hybridized carbons (Fsp3) is 0.474. The van der Waals surface area contributed by atoms with Gasteiger partial charge in [0.05, 0.1) is 18.3 Å². The molecule has 0 aliphatic carbocycles. The molecule has 2 aromatic rings. The van der Waals surface area contributed by atoms with Crippen molar-refractivity contribution >= 4 is 11.7 Å². The highest BCUT2D eigenvalue weighted by Gasteiger charge is 2.15. The number of hydrogen-bond acceptors (Lipinski definition) is 4. The quantitative estimate of drug-likeness (QED) is 0.873. The Labute approximate surface area is 148 Å². The van der Waals surface area contributed by atoms with Crippen LogP contribution in [0.15, 0.2) is 28.7 Å². The summed E-state index contributed by atoms with van der Waals surface area (Å²) in [4.78, 5) is 18.8. The summed E-state index contributed by atoms with van der Waals surface area (Å²) in [7, 11) is 0. The van der Waals surface area contributed by atoms with Gasteiger partial charge in [0, 0.05) is 18.8 Å². The number of nitrogens with zero attached hydrogens (tertiary/aromatic N) is 2. The van der Waals surface area contributed by atoms with Crippen molar-refractivity contribution in [2.24, 2.45) is 0 Å². The van der Waals surface area contributed by atoms with Crippen LogP contribution in [0.2, 0.25) is 0 Å². The van der Waals surface area contributed by atoms with Crippen molar-refractivity contribution in [3.63, 3.8) is 0 Å². The minimum absolute atomic E-state index is 0.0735. The van der Waals surface area contributed by atoms with E-state index in [2.05, 4.69) is 38.7 Å². The Morgan fingerprint density at radius 2 is 2.08 bits per heavy atom. The summed E-state index contributed by atoms with van der Waals surface area (Å²) in [5, 5.41) is 5.76. The number of nitrogens with one attached hydrogen (secondary N) is 2. The highest BCUT2D eigenvalue weighted by atomic mass is 16.4. The van der Waals surface area contributed by atoms with Crippen molar-refractivity contribution in [1.29, 1.82) is 0 Å². The molecule has 1 saturated heterocycles. The Kier molecular flexibility index (Phi) is 5.26. The molecule has 1 aliphatic heterocycles. The van der Waals surface area contributed by atoms with Crippen LogP contribution in [-0.2, 0) is 6.54 Å². The summed E-state index contributed by atoms with van der Waals surface area (Å²) in [5.74, 6) is 1.30. The number of oxazole rings is 1. The van der Waals surface area contributed by atoms with Gasteiger partial charge in [-0.25, -0.2) is 9.78 Å². The second-order valence-electron chi connectivity index (χ2n) is 6.59. The van der Waals surface area contributed by atoms with Gasteiger partial charge in [-0.3, -0.25) is 0 Å². The van der Waals surface area contributed by atoms with Crippen LogP contribution in [0.25, 0.3) is 0 Å². The number of aromatic nitrogens is 1. The van der Waals surface area contributed by atoms with Gasteiger partial charge >= 0.3 is 6.03 Å². The number of hydrogen-bond donors (Lipinski definition) is 2. The maximum absolute atomic E-state index is 12.1. The van der Waals surface area contributed by atoms with Crippen molar-refractivity contribution in [3.05, 3.63) is 47.2 Å². The topological polar surface area (TPSA) is 70.4 Å². The molecular formula is C19H26N4O2. The Bertz CT molecular complexity index is 715. The van der Waals surface area contributed by atoms with Gasteiger partial charge in [0.2, 0.25) is 5.89 Å². The van der Waals surface area contributed by atoms with E-state index >= 15 is 0 Å². The van der Waals surface area contributed by atoms with Gasteiger partial charge in [0.15, 0.2) is 0 Å². The van der Waals surface area contributed by atoms with E-state index in [9.17, 15) is 4.79 Å². The van der Waals surface area contributed by atoms with Crippen molar-refractivity contribution in [2.45, 2.75) is 46.2 Å². The third kappa shape index (κ3) is 4.32. The van der Waals surface area contributed by atoms with Crippen molar-refractivity contribution in [2.75, 3.05) is 18.0 Å². The van der Waals surface area contributed by atoms with Crippen LogP contribution < -0.4 is 15.5 Å². The lowest BCUT2D eigenvalue weighted by Crippen LogP contribution is -2.36. The number of amides is 2. The molecule has 134 valence electrons. The smallest absolute Gasteiger partial charge is 0.315 e. The Morgan fingerprint density at radius 3 is 2.76 bits per heavy atom. The highest BCUT2D eigenvalue weighted by Crippen LogP contribution is 2.23. The molecule has 2 heterocycles. The van der Waals surface area contributed by atoms with Gasteiger partial charge < -0.3 is 20.0 Å². The minimum atomic E-state index is -0.229. The summed E-state index contributed by atoms with van der Waals surface area (Å²) in [6.07, 6.45) is 2.50. The lowest BCUT2D eigenvalue weighted by atomic mass is 10.1. The molecule has 6 nitrogen and oxygen atoms in total. The molecule has 0 bridgehead atoms. The fourth-order valence-corrected chi connectivity index (χ4v) is 3.07. The molecule has 1 aliphatic rings. The summed E-state index contributed by atoms with van der Waals surface area (Å²) in [5.41, 5.74) is 3.18. The lowest BCUT2D eigenvalue weighted by molar-refractivity contribution is 0.236. The molecule has 2 N–H and O–H groups in total. The molecule has 1 fully saturated rings. The van der Waals surface area contributed by atoms with Crippen LogP contribution in [-0.4, -0.2) is 24.1 Å². The number of carbonyl (C=O) groups excluding carboxylic acids is 1. The molecule has 1 aromatic carbocycles. The zero-order chi connectivity index (χ0) is 17.8. The lowest BCUT2D eigenvalue weighted by Gasteiger charge is -2.20. The zero-order valence-electron chi connectivity index (χ0n) is 15.1. The molecular weight excluding hydrogens is 316 g/mol. The maximum Gasteiger partial charge on any atom is 0.315 e. The van der Waals surface area contributed by atoms with E-state index in [1.54, 1.807) is 0 Å². The molecule has 0 unspecified atom stereocenters. The van der Waals surface area contributed by atoms with Gasteiger partial charge in [-0.2, -0.15) is 0 Å². The van der Waals surface area contributed by atoms with E-state index in [-0.39, 0.29) is 18.6 Å². The van der Waals surface area contributed by atoms with Crippen LogP contribution >= 0.6 is 0 Å². The Hall–Kier alpha value is -2.50. The Balaban J connectivity index is 1.55. The van der Waals surface area contributed by atoms with Crippen LogP contribution in [0, 0.1) is 13.8 Å². The predicted molar refractivity (Wildman–Crippen MR) is 97.7 cm³/mol. The number of anilines is 1. The molecule has 1 aromatic heterocycles. The molecule has 1 atom stereocenters. The standard InChI is InChI=1S/C19H26N4O2/c1-13-15(3)25-18(21-13)12-20-19(24)22-14(2)16-7-6-8-17(11-16)23-9-4-5-10-23/h6-8,11,14H,4-5,9-10,12H2,1-3H3,(H2,20,22,24)/t14-/m0/s1. The van der Waals surface area contributed by atoms with E-state index < -0.39 is 0 Å². The van der Waals surface area contributed by atoms with E-state index in [0.717, 1.165) is 30.1 Å². The van der Waals surface area contributed by atoms with Crippen LogP contribution in [0.3, 0.4) is 0 Å². The molecule has 25 heavy (non-hydrogen) atoms. The van der Waals surface area contributed by atoms with E-state index in [4.69, 9.17) is 4.42 Å². The second-order valence-corrected chi connectivity index (χ2v) is 6.59. The summed E-state index contributed by atoms with van der Waals surface area (Å²) in [6.45, 7) is 8.24. The molecule has 3 rings (SSSR count). The first kappa shape index (κ1) is 17.3. The van der Waals surface area contributed by atoms with Gasteiger partial charge in [0.25, 0.3) is 0 Å². The van der Waals surface area contributed by atoms with Gasteiger partial charge in [-0.05, 0) is 51.3 Å². The van der Waals surface area contributed by atoms with E-state index in [0.29, 0.717) is 5.89 Å². The van der Waals surface area contributed by atoms with Crippen molar-refractivity contribution < 1.29 is 9.21 Å². The third-order valence-corrected chi connectivity index (χ3v) is 4.66. The van der Waals surface area contributed by atoms with Crippen molar-refractivity contribution in [3.8, 4) is 0 Å². The van der Waals surface area contributed by atoms with Crippen LogP contribution in [0.1, 0.15) is 48.7 Å². The van der Waals surface area contributed by atoms with Crippen LogP contribution in [0.4, 0.5) is 10.5 Å². The number of rotatable bonds is 5. The number of carbonyl (C=O) groups is 1. The van der Waals surface area contributed by atoms with Crippen LogP contribution in [0.5, 0.6) is 0 Å². The molecule has 6 heteroatoms. The average molecular weight is 342 g/mol. The summed E-state index contributed by atoms with van der Waals surface area (Å²) < 4.78 is 5.47. The first-order valence-electron chi connectivity index (χ1n) is 8.85. The molecule has 0 saturated carbocycles. The summed E-state index contributed by atoms with van der Waals surface area (Å²) in [6, 6.07) is 8.09. The monoisotopic (exact) mass is 342 g/mol. The normalized spacial score (nSPS) is 15.2. The highest BCUT2D eigenvalue weighted by molar-refractivity contribution is 5.74. The molecule has 0 spiro atoms. The minimum Gasteiger partial charge on any atom is -0.444 e. The maximum atomic E-state index is 12.1.